The highest BCUT2D eigenvalue weighted by Crippen LogP contribution is 2.07. The van der Waals surface area contributed by atoms with Gasteiger partial charge in [-0.25, -0.2) is 4.79 Å². The Balaban J connectivity index is 0. The molecule has 14 heavy (non-hydrogen) atoms. The fourth-order valence-corrected chi connectivity index (χ4v) is 1.08. The van der Waals surface area contributed by atoms with Crippen molar-refractivity contribution in [1.29, 1.82) is 0 Å². The number of halogens is 1. The van der Waals surface area contributed by atoms with E-state index in [9.17, 15) is 9.90 Å². The Bertz CT molecular complexity index is 164. The average molecular weight is 226 g/mol. The minimum atomic E-state index is -1.19. The molecular formula is C9H20ClNO3. The van der Waals surface area contributed by atoms with Crippen LogP contribution in [0.2, 0.25) is 0 Å². The van der Waals surface area contributed by atoms with Gasteiger partial charge in [0.15, 0.2) is 6.10 Å². The lowest BCUT2D eigenvalue weighted by molar-refractivity contribution is -0.154. The monoisotopic (exact) mass is 225 g/mol. The van der Waals surface area contributed by atoms with Crippen molar-refractivity contribution in [2.75, 3.05) is 6.61 Å². The standard InChI is InChI=1S/C9H19NO3.ClH/c1-4-13-9(12)8(11)7(10)5-6(2)3;/h6-8,11H,4-5,10H2,1-3H3;1H. The summed E-state index contributed by atoms with van der Waals surface area (Å²) in [6, 6.07) is -0.529. The molecule has 0 rings (SSSR count). The van der Waals surface area contributed by atoms with E-state index in [1.807, 2.05) is 13.8 Å². The fraction of sp³-hybridized carbons (Fsp3) is 0.889. The Labute approximate surface area is 91.2 Å². The molecule has 86 valence electrons. The molecule has 0 saturated heterocycles. The molecular weight excluding hydrogens is 206 g/mol. The highest BCUT2D eigenvalue weighted by atomic mass is 35.5. The summed E-state index contributed by atoms with van der Waals surface area (Å²) in [6.07, 6.45) is -0.581. The third-order valence-electron chi connectivity index (χ3n) is 1.68. The van der Waals surface area contributed by atoms with Gasteiger partial charge in [-0.2, -0.15) is 0 Å². The van der Waals surface area contributed by atoms with E-state index in [1.165, 1.54) is 0 Å². The van der Waals surface area contributed by atoms with Crippen LogP contribution in [-0.2, 0) is 9.53 Å². The number of esters is 1. The summed E-state index contributed by atoms with van der Waals surface area (Å²) in [5, 5.41) is 9.37. The van der Waals surface area contributed by atoms with Gasteiger partial charge in [0.25, 0.3) is 0 Å². The van der Waals surface area contributed by atoms with Crippen LogP contribution in [0.4, 0.5) is 0 Å². The molecule has 0 saturated carbocycles. The zero-order chi connectivity index (χ0) is 10.4. The molecule has 0 aliphatic heterocycles. The first-order valence-corrected chi connectivity index (χ1v) is 4.59. The summed E-state index contributed by atoms with van der Waals surface area (Å²) >= 11 is 0. The number of carbonyl (C=O) groups excluding carboxylic acids is 1. The Morgan fingerprint density at radius 1 is 1.50 bits per heavy atom. The van der Waals surface area contributed by atoms with Gasteiger partial charge in [-0.05, 0) is 19.3 Å². The second kappa shape index (κ2) is 8.03. The van der Waals surface area contributed by atoms with Crippen LogP contribution in [0.15, 0.2) is 0 Å². The maximum Gasteiger partial charge on any atom is 0.336 e. The normalized spacial score (nSPS) is 14.4. The number of rotatable bonds is 5. The SMILES string of the molecule is CCOC(=O)C(O)C(N)CC(C)C.Cl. The van der Waals surface area contributed by atoms with Crippen LogP contribution < -0.4 is 5.73 Å². The topological polar surface area (TPSA) is 72.5 Å². The number of hydrogen-bond donors (Lipinski definition) is 2. The van der Waals surface area contributed by atoms with Crippen LogP contribution in [0.1, 0.15) is 27.2 Å². The Morgan fingerprint density at radius 3 is 2.36 bits per heavy atom. The van der Waals surface area contributed by atoms with Gasteiger partial charge in [-0.3, -0.25) is 0 Å². The van der Waals surface area contributed by atoms with Gasteiger partial charge >= 0.3 is 5.97 Å². The molecule has 0 bridgehead atoms. The molecule has 0 fully saturated rings. The number of carbonyl (C=O) groups is 1. The predicted molar refractivity (Wildman–Crippen MR) is 57.3 cm³/mol. The van der Waals surface area contributed by atoms with E-state index in [1.54, 1.807) is 6.92 Å². The summed E-state index contributed by atoms with van der Waals surface area (Å²) in [5.74, 6) is -0.269. The quantitative estimate of drug-likeness (QED) is 0.676. The van der Waals surface area contributed by atoms with E-state index >= 15 is 0 Å². The molecule has 2 atom stereocenters. The molecule has 0 aromatic carbocycles. The van der Waals surface area contributed by atoms with Gasteiger partial charge in [0.05, 0.1) is 6.61 Å². The zero-order valence-corrected chi connectivity index (χ0v) is 9.71. The highest BCUT2D eigenvalue weighted by molar-refractivity contribution is 5.85. The highest BCUT2D eigenvalue weighted by Gasteiger charge is 2.24. The first-order chi connectivity index (χ1) is 5.99. The minimum absolute atomic E-state index is 0. The molecule has 5 heteroatoms. The van der Waals surface area contributed by atoms with Crippen molar-refractivity contribution in [3.63, 3.8) is 0 Å². The first-order valence-electron chi connectivity index (χ1n) is 4.59. The Morgan fingerprint density at radius 2 is 2.00 bits per heavy atom. The summed E-state index contributed by atoms with van der Waals surface area (Å²) in [4.78, 5) is 11.0. The predicted octanol–water partition coefficient (Wildman–Crippen LogP) is 0.706. The van der Waals surface area contributed by atoms with E-state index in [2.05, 4.69) is 4.74 Å². The third-order valence-corrected chi connectivity index (χ3v) is 1.68. The second-order valence-corrected chi connectivity index (χ2v) is 3.49. The van der Waals surface area contributed by atoms with Crippen LogP contribution >= 0.6 is 12.4 Å². The van der Waals surface area contributed by atoms with Crippen molar-refractivity contribution in [3.8, 4) is 0 Å². The van der Waals surface area contributed by atoms with Crippen LogP contribution in [0.3, 0.4) is 0 Å². The van der Waals surface area contributed by atoms with Crippen LogP contribution in [0, 0.1) is 5.92 Å². The number of ether oxygens (including phenoxy) is 1. The van der Waals surface area contributed by atoms with Crippen molar-refractivity contribution < 1.29 is 14.6 Å². The lowest BCUT2D eigenvalue weighted by atomic mass is 10.0. The molecule has 0 radical (unpaired) electrons. The van der Waals surface area contributed by atoms with E-state index in [-0.39, 0.29) is 19.0 Å². The van der Waals surface area contributed by atoms with Gasteiger partial charge in [0.2, 0.25) is 0 Å². The maximum atomic E-state index is 11.0. The smallest absolute Gasteiger partial charge is 0.336 e. The van der Waals surface area contributed by atoms with Gasteiger partial charge in [0, 0.05) is 6.04 Å². The summed E-state index contributed by atoms with van der Waals surface area (Å²) < 4.78 is 4.64. The number of aliphatic hydroxyl groups is 1. The number of hydrogen-bond acceptors (Lipinski definition) is 4. The average Bonchev–Trinajstić information content (AvgIpc) is 2.02. The van der Waals surface area contributed by atoms with Crippen molar-refractivity contribution >= 4 is 18.4 Å². The van der Waals surface area contributed by atoms with Crippen LogP contribution in [0.25, 0.3) is 0 Å². The first kappa shape index (κ1) is 16.1. The van der Waals surface area contributed by atoms with Crippen molar-refractivity contribution in [2.24, 2.45) is 11.7 Å². The van der Waals surface area contributed by atoms with Crippen molar-refractivity contribution in [3.05, 3.63) is 0 Å². The zero-order valence-electron chi connectivity index (χ0n) is 8.90. The molecule has 0 aliphatic carbocycles. The summed E-state index contributed by atoms with van der Waals surface area (Å²) in [5.41, 5.74) is 5.60. The largest absolute Gasteiger partial charge is 0.464 e. The second-order valence-electron chi connectivity index (χ2n) is 3.49. The van der Waals surface area contributed by atoms with E-state index in [0.717, 1.165) is 0 Å². The number of nitrogens with two attached hydrogens (primary N) is 1. The van der Waals surface area contributed by atoms with Gasteiger partial charge in [0.1, 0.15) is 0 Å². The third kappa shape index (κ3) is 6.18. The van der Waals surface area contributed by atoms with Crippen molar-refractivity contribution in [2.45, 2.75) is 39.3 Å². The molecule has 0 aromatic heterocycles. The molecule has 3 N–H and O–H groups in total. The van der Waals surface area contributed by atoms with E-state index in [0.29, 0.717) is 12.3 Å². The minimum Gasteiger partial charge on any atom is -0.464 e. The van der Waals surface area contributed by atoms with Crippen LogP contribution in [-0.4, -0.2) is 29.8 Å². The molecule has 0 aliphatic rings. The van der Waals surface area contributed by atoms with Gasteiger partial charge in [-0.15, -0.1) is 12.4 Å². The van der Waals surface area contributed by atoms with Gasteiger partial charge in [-0.1, -0.05) is 13.8 Å². The molecule has 4 nitrogen and oxygen atoms in total. The molecule has 0 spiro atoms. The van der Waals surface area contributed by atoms with E-state index in [4.69, 9.17) is 5.73 Å². The van der Waals surface area contributed by atoms with Crippen molar-refractivity contribution in [1.82, 2.24) is 0 Å². The lowest BCUT2D eigenvalue weighted by Gasteiger charge is -2.18. The summed E-state index contributed by atoms with van der Waals surface area (Å²) in [7, 11) is 0. The maximum absolute atomic E-state index is 11.0. The Kier molecular flexibility index (Phi) is 9.24. The lowest BCUT2D eigenvalue weighted by Crippen LogP contribution is -2.42. The molecule has 0 aromatic rings. The number of aliphatic hydroxyl groups excluding tert-OH is 1. The fourth-order valence-electron chi connectivity index (χ4n) is 1.08. The summed E-state index contributed by atoms with van der Waals surface area (Å²) in [6.45, 7) is 5.93. The van der Waals surface area contributed by atoms with Gasteiger partial charge < -0.3 is 15.6 Å². The molecule has 2 unspecified atom stereocenters. The van der Waals surface area contributed by atoms with Crippen LogP contribution in [0.5, 0.6) is 0 Å². The van der Waals surface area contributed by atoms with E-state index < -0.39 is 18.1 Å². The Hall–Kier alpha value is -0.320. The molecule has 0 heterocycles. The molecule has 0 amide bonds.